The smallest absolute Gasteiger partial charge is 0.283 e. The number of hydrogen-bond donors (Lipinski definition) is 2. The summed E-state index contributed by atoms with van der Waals surface area (Å²) in [7, 11) is 0. The molecular weight excluding hydrogens is 455 g/mol. The van der Waals surface area contributed by atoms with Crippen molar-refractivity contribution < 1.29 is 32.2 Å². The summed E-state index contributed by atoms with van der Waals surface area (Å²) in [6.45, 7) is -0.103. The second-order valence-electron chi connectivity index (χ2n) is 8.17. The van der Waals surface area contributed by atoms with Crippen LogP contribution in [0.25, 0.3) is 0 Å². The molecule has 1 fully saturated rings. The Morgan fingerprint density at radius 3 is 2.85 bits per heavy atom. The Kier molecular flexibility index (Phi) is 6.87. The number of amidine groups is 1. The Bertz CT molecular complexity index is 1070. The quantitative estimate of drug-likeness (QED) is 0.626. The van der Waals surface area contributed by atoms with Crippen molar-refractivity contribution in [3.63, 3.8) is 0 Å². The third-order valence-corrected chi connectivity index (χ3v) is 5.91. The van der Waals surface area contributed by atoms with Crippen LogP contribution in [0.1, 0.15) is 24.6 Å². The minimum absolute atomic E-state index is 0.0120. The van der Waals surface area contributed by atoms with E-state index in [0.29, 0.717) is 12.1 Å². The van der Waals surface area contributed by atoms with Crippen LogP contribution in [0.5, 0.6) is 5.88 Å². The first-order valence-electron chi connectivity index (χ1n) is 10.6. The molecule has 3 N–H and O–H groups in total. The summed E-state index contributed by atoms with van der Waals surface area (Å²) in [5.41, 5.74) is 4.68. The van der Waals surface area contributed by atoms with Gasteiger partial charge in [0.1, 0.15) is 24.1 Å². The number of rotatable bonds is 7. The summed E-state index contributed by atoms with van der Waals surface area (Å²) in [4.78, 5) is 24.5. The molecule has 2 aliphatic heterocycles. The van der Waals surface area contributed by atoms with Gasteiger partial charge in [0.05, 0.1) is 43.1 Å². The van der Waals surface area contributed by atoms with E-state index in [4.69, 9.17) is 15.2 Å². The fourth-order valence-corrected chi connectivity index (χ4v) is 4.30. The van der Waals surface area contributed by atoms with Gasteiger partial charge < -0.3 is 25.3 Å². The summed E-state index contributed by atoms with van der Waals surface area (Å²) in [6.07, 6.45) is 2.16. The van der Waals surface area contributed by atoms with Gasteiger partial charge in [0.15, 0.2) is 0 Å². The Balaban J connectivity index is 1.57. The zero-order valence-electron chi connectivity index (χ0n) is 18.3. The third kappa shape index (κ3) is 4.76. The Morgan fingerprint density at radius 1 is 1.32 bits per heavy atom. The van der Waals surface area contributed by atoms with E-state index in [1.165, 1.54) is 24.5 Å². The van der Waals surface area contributed by atoms with Crippen molar-refractivity contribution in [2.75, 3.05) is 25.5 Å². The molecule has 4 atom stereocenters. The molecule has 0 spiro atoms. The summed E-state index contributed by atoms with van der Waals surface area (Å²) in [5.74, 6) is -1.78. The Hall–Kier alpha value is -3.41. The molecule has 1 aromatic heterocycles. The zero-order chi connectivity index (χ0) is 24.3. The molecule has 1 saturated heterocycles. The van der Waals surface area contributed by atoms with Crippen LogP contribution in [0.3, 0.4) is 0 Å². The number of carbonyl (C=O) groups is 1. The number of hydrogen-bond acceptors (Lipinski definition) is 8. The molecule has 1 aromatic carbocycles. The SMILES string of the molecule is C[C@@H]1C[C@H]2OC(N)=N[C@](CF)(c3cc(NC(=O)Cc4cnc(OCF)cn4)ccc3F)[C@H]2CO1. The number of ether oxygens (including phenoxy) is 3. The average Bonchev–Trinajstić information content (AvgIpc) is 2.81. The van der Waals surface area contributed by atoms with Crippen LogP contribution in [0.4, 0.5) is 18.9 Å². The van der Waals surface area contributed by atoms with Crippen LogP contribution in [0.2, 0.25) is 0 Å². The molecule has 0 aliphatic carbocycles. The molecular formula is C22H24F3N5O4. The van der Waals surface area contributed by atoms with Crippen molar-refractivity contribution in [2.24, 2.45) is 16.6 Å². The maximum Gasteiger partial charge on any atom is 0.283 e. The predicted molar refractivity (Wildman–Crippen MR) is 115 cm³/mol. The van der Waals surface area contributed by atoms with Crippen LogP contribution < -0.4 is 15.8 Å². The second-order valence-corrected chi connectivity index (χ2v) is 8.17. The predicted octanol–water partition coefficient (Wildman–Crippen LogP) is 2.41. The van der Waals surface area contributed by atoms with E-state index in [-0.39, 0.29) is 42.3 Å². The summed E-state index contributed by atoms with van der Waals surface area (Å²) in [5, 5.41) is 2.64. The fourth-order valence-electron chi connectivity index (χ4n) is 4.30. The molecule has 0 saturated carbocycles. The number of benzene rings is 1. The van der Waals surface area contributed by atoms with E-state index < -0.39 is 42.8 Å². The molecule has 3 heterocycles. The van der Waals surface area contributed by atoms with E-state index in [2.05, 4.69) is 25.0 Å². The number of nitrogens with zero attached hydrogens (tertiary/aromatic N) is 3. The van der Waals surface area contributed by atoms with Crippen LogP contribution in [0, 0.1) is 11.7 Å². The van der Waals surface area contributed by atoms with Crippen LogP contribution in [0.15, 0.2) is 35.6 Å². The van der Waals surface area contributed by atoms with E-state index in [9.17, 15) is 13.6 Å². The molecule has 2 aliphatic rings. The highest BCUT2D eigenvalue weighted by atomic mass is 19.1. The first-order valence-corrected chi connectivity index (χ1v) is 10.6. The van der Waals surface area contributed by atoms with E-state index in [1.54, 1.807) is 0 Å². The molecule has 1 amide bonds. The average molecular weight is 479 g/mol. The number of aliphatic imine (C=N–C) groups is 1. The summed E-state index contributed by atoms with van der Waals surface area (Å²) < 4.78 is 57.7. The van der Waals surface area contributed by atoms with Crippen molar-refractivity contribution >= 4 is 17.6 Å². The van der Waals surface area contributed by atoms with Gasteiger partial charge >= 0.3 is 0 Å². The molecule has 12 heteroatoms. The molecule has 0 radical (unpaired) electrons. The molecule has 2 aromatic rings. The lowest BCUT2D eigenvalue weighted by molar-refractivity contribution is -0.115. The van der Waals surface area contributed by atoms with Gasteiger partial charge in [-0.25, -0.2) is 23.1 Å². The zero-order valence-corrected chi connectivity index (χ0v) is 18.3. The van der Waals surface area contributed by atoms with Gasteiger partial charge in [0, 0.05) is 17.7 Å². The standard InChI is InChI=1S/C22H24F3N5O4/c1-12-4-18-16(9-32-12)22(10-23,30-21(26)34-18)15-5-13(2-3-17(15)25)29-19(31)6-14-7-28-20(8-27-14)33-11-24/h2-3,5,7-8,12,16,18H,4,6,9-11H2,1H3,(H2,26,30)(H,29,31)/t12-,16+,18-,22-/m1/s1. The highest BCUT2D eigenvalue weighted by Crippen LogP contribution is 2.45. The topological polar surface area (TPSA) is 121 Å². The van der Waals surface area contributed by atoms with Crippen molar-refractivity contribution in [2.45, 2.75) is 37.5 Å². The van der Waals surface area contributed by atoms with Gasteiger partial charge in [-0.1, -0.05) is 0 Å². The lowest BCUT2D eigenvalue weighted by Crippen LogP contribution is -2.55. The molecule has 182 valence electrons. The van der Waals surface area contributed by atoms with E-state index >= 15 is 4.39 Å². The number of amides is 1. The summed E-state index contributed by atoms with van der Waals surface area (Å²) >= 11 is 0. The number of anilines is 1. The van der Waals surface area contributed by atoms with Crippen molar-refractivity contribution in [3.05, 3.63) is 47.7 Å². The molecule has 4 rings (SSSR count). The van der Waals surface area contributed by atoms with Gasteiger partial charge in [-0.05, 0) is 25.1 Å². The third-order valence-electron chi connectivity index (χ3n) is 5.91. The lowest BCUT2D eigenvalue weighted by atomic mass is 9.73. The number of nitrogens with one attached hydrogen (secondary N) is 1. The number of alkyl halides is 2. The van der Waals surface area contributed by atoms with Crippen molar-refractivity contribution in [1.29, 1.82) is 0 Å². The number of halogens is 3. The second kappa shape index (κ2) is 9.84. The first kappa shape index (κ1) is 23.7. The van der Waals surface area contributed by atoms with Crippen molar-refractivity contribution in [1.82, 2.24) is 9.97 Å². The van der Waals surface area contributed by atoms with Crippen LogP contribution in [-0.4, -0.2) is 54.2 Å². The van der Waals surface area contributed by atoms with Gasteiger partial charge in [-0.15, -0.1) is 0 Å². The number of fused-ring (bicyclic) bond motifs is 1. The highest BCUT2D eigenvalue weighted by molar-refractivity contribution is 5.92. The Labute approximate surface area is 193 Å². The lowest BCUT2D eigenvalue weighted by Gasteiger charge is -2.46. The van der Waals surface area contributed by atoms with Gasteiger partial charge in [-0.2, -0.15) is 0 Å². The summed E-state index contributed by atoms with van der Waals surface area (Å²) in [6, 6.07) is 3.61. The van der Waals surface area contributed by atoms with Gasteiger partial charge in [-0.3, -0.25) is 9.78 Å². The molecule has 9 nitrogen and oxygen atoms in total. The Morgan fingerprint density at radius 2 is 2.15 bits per heavy atom. The maximum atomic E-state index is 15.0. The van der Waals surface area contributed by atoms with Gasteiger partial charge in [0.25, 0.3) is 6.02 Å². The van der Waals surface area contributed by atoms with Crippen molar-refractivity contribution in [3.8, 4) is 5.88 Å². The highest BCUT2D eigenvalue weighted by Gasteiger charge is 2.52. The van der Waals surface area contributed by atoms with E-state index in [1.807, 2.05) is 6.92 Å². The molecule has 0 bridgehead atoms. The number of carbonyl (C=O) groups excluding carboxylic acids is 1. The fraction of sp³-hybridized carbons (Fsp3) is 0.455. The van der Waals surface area contributed by atoms with E-state index in [0.717, 1.165) is 6.07 Å². The monoisotopic (exact) mass is 479 g/mol. The van der Waals surface area contributed by atoms with Crippen LogP contribution >= 0.6 is 0 Å². The van der Waals surface area contributed by atoms with Crippen LogP contribution in [-0.2, 0) is 26.2 Å². The molecule has 0 unspecified atom stereocenters. The largest absolute Gasteiger partial charge is 0.462 e. The number of nitrogens with two attached hydrogens (primary N) is 1. The maximum absolute atomic E-state index is 15.0. The molecule has 34 heavy (non-hydrogen) atoms. The minimum atomic E-state index is -1.66. The van der Waals surface area contributed by atoms with Gasteiger partial charge in [0.2, 0.25) is 18.6 Å². The normalized spacial score (nSPS) is 26.1. The minimum Gasteiger partial charge on any atom is -0.462 e. The number of aromatic nitrogens is 2. The first-order chi connectivity index (χ1) is 16.3.